The minimum atomic E-state index is -0.246. The van der Waals surface area contributed by atoms with Crippen LogP contribution in [0.15, 0.2) is 24.3 Å². The molecule has 2 bridgehead atoms. The second-order valence-corrected chi connectivity index (χ2v) is 6.98. The van der Waals surface area contributed by atoms with Crippen molar-refractivity contribution in [1.29, 1.82) is 0 Å². The summed E-state index contributed by atoms with van der Waals surface area (Å²) in [5.74, 6) is 0.940. The van der Waals surface area contributed by atoms with E-state index in [0.717, 1.165) is 25.7 Å². The first-order valence-corrected chi connectivity index (χ1v) is 8.30. The number of halogens is 1. The minimum Gasteiger partial charge on any atom is -0.341 e. The lowest BCUT2D eigenvalue weighted by Gasteiger charge is -2.44. The molecule has 0 aliphatic heterocycles. The Morgan fingerprint density at radius 1 is 1.27 bits per heavy atom. The molecule has 120 valence electrons. The lowest BCUT2D eigenvalue weighted by molar-refractivity contribution is -0.137. The number of amides is 1. The number of nitrogens with zero attached hydrogens (tertiary/aromatic N) is 1. The molecule has 2 unspecified atom stereocenters. The second-order valence-electron chi connectivity index (χ2n) is 6.98. The zero-order valence-corrected chi connectivity index (χ0v) is 13.2. The highest BCUT2D eigenvalue weighted by Crippen LogP contribution is 2.42. The Morgan fingerprint density at radius 2 is 1.91 bits per heavy atom. The average molecular weight is 304 g/mol. The number of nitrogens with two attached hydrogens (primary N) is 1. The van der Waals surface area contributed by atoms with E-state index in [2.05, 4.69) is 0 Å². The molecule has 2 N–H and O–H groups in total. The summed E-state index contributed by atoms with van der Waals surface area (Å²) in [5, 5.41) is 0. The van der Waals surface area contributed by atoms with Crippen molar-refractivity contribution in [2.24, 2.45) is 23.5 Å². The van der Waals surface area contributed by atoms with Gasteiger partial charge in [-0.05, 0) is 43.6 Å². The molecule has 1 amide bonds. The molecule has 0 heterocycles. The van der Waals surface area contributed by atoms with Crippen molar-refractivity contribution in [3.8, 4) is 0 Å². The molecule has 0 radical (unpaired) electrons. The van der Waals surface area contributed by atoms with Crippen LogP contribution in [0.1, 0.15) is 37.7 Å². The van der Waals surface area contributed by atoms with E-state index >= 15 is 0 Å². The topological polar surface area (TPSA) is 46.3 Å². The third kappa shape index (κ3) is 3.02. The Hall–Kier alpha value is -1.42. The smallest absolute Gasteiger partial charge is 0.225 e. The predicted molar refractivity (Wildman–Crippen MR) is 84.4 cm³/mol. The maximum atomic E-state index is 13.7. The quantitative estimate of drug-likeness (QED) is 0.933. The Labute approximate surface area is 131 Å². The van der Waals surface area contributed by atoms with Crippen molar-refractivity contribution in [2.45, 2.75) is 44.7 Å². The molecule has 1 aromatic rings. The zero-order valence-electron chi connectivity index (χ0n) is 13.2. The van der Waals surface area contributed by atoms with Gasteiger partial charge >= 0.3 is 0 Å². The van der Waals surface area contributed by atoms with E-state index in [1.165, 1.54) is 12.5 Å². The minimum absolute atomic E-state index is 0.0619. The van der Waals surface area contributed by atoms with E-state index in [9.17, 15) is 9.18 Å². The Morgan fingerprint density at radius 3 is 2.55 bits per heavy atom. The van der Waals surface area contributed by atoms with Crippen LogP contribution in [-0.4, -0.2) is 23.9 Å². The fourth-order valence-electron chi connectivity index (χ4n) is 4.26. The van der Waals surface area contributed by atoms with Gasteiger partial charge in [-0.25, -0.2) is 4.39 Å². The van der Waals surface area contributed by atoms with Gasteiger partial charge in [0.15, 0.2) is 0 Å². The summed E-state index contributed by atoms with van der Waals surface area (Å²) in [4.78, 5) is 14.4. The largest absolute Gasteiger partial charge is 0.341 e. The van der Waals surface area contributed by atoms with Crippen LogP contribution >= 0.6 is 0 Å². The maximum absolute atomic E-state index is 13.7. The van der Waals surface area contributed by atoms with Gasteiger partial charge in [0.1, 0.15) is 5.82 Å². The number of fused-ring (bicyclic) bond motifs is 2. The molecular formula is C18H25FN2O. The third-order valence-corrected chi connectivity index (χ3v) is 5.50. The van der Waals surface area contributed by atoms with Gasteiger partial charge < -0.3 is 10.6 Å². The normalized spacial score (nSPS) is 30.9. The number of benzene rings is 1. The molecule has 0 saturated heterocycles. The van der Waals surface area contributed by atoms with Crippen molar-refractivity contribution < 1.29 is 9.18 Å². The molecule has 3 rings (SSSR count). The zero-order chi connectivity index (χ0) is 15.7. The van der Waals surface area contributed by atoms with Crippen LogP contribution < -0.4 is 5.73 Å². The fraction of sp³-hybridized carbons (Fsp3) is 0.611. The van der Waals surface area contributed by atoms with Gasteiger partial charge in [-0.2, -0.15) is 0 Å². The van der Waals surface area contributed by atoms with Crippen LogP contribution in [0.2, 0.25) is 0 Å². The Bertz CT molecular complexity index is 534. The lowest BCUT2D eigenvalue weighted by atomic mass is 9.65. The molecule has 4 heteroatoms. The van der Waals surface area contributed by atoms with Gasteiger partial charge in [0.25, 0.3) is 0 Å². The van der Waals surface area contributed by atoms with Crippen LogP contribution in [0.5, 0.6) is 0 Å². The Kier molecular flexibility index (Phi) is 4.48. The van der Waals surface area contributed by atoms with E-state index in [1.807, 2.05) is 0 Å². The summed E-state index contributed by atoms with van der Waals surface area (Å²) < 4.78 is 13.7. The number of rotatable bonds is 3. The van der Waals surface area contributed by atoms with E-state index in [-0.39, 0.29) is 23.7 Å². The van der Waals surface area contributed by atoms with Crippen molar-refractivity contribution in [1.82, 2.24) is 4.90 Å². The fourth-order valence-corrected chi connectivity index (χ4v) is 4.26. The van der Waals surface area contributed by atoms with Gasteiger partial charge in [0.05, 0.1) is 0 Å². The molecule has 0 aromatic heterocycles. The van der Waals surface area contributed by atoms with Crippen LogP contribution in [0.4, 0.5) is 4.39 Å². The van der Waals surface area contributed by atoms with Crippen molar-refractivity contribution in [3.05, 3.63) is 35.6 Å². The summed E-state index contributed by atoms with van der Waals surface area (Å²) in [6.07, 6.45) is 5.35. The molecule has 1 aromatic carbocycles. The number of carbonyl (C=O) groups is 1. The van der Waals surface area contributed by atoms with Crippen LogP contribution in [0.3, 0.4) is 0 Å². The Balaban J connectivity index is 1.65. The van der Waals surface area contributed by atoms with E-state index < -0.39 is 0 Å². The molecule has 0 spiro atoms. The monoisotopic (exact) mass is 304 g/mol. The molecule has 2 aliphatic rings. The van der Waals surface area contributed by atoms with Crippen LogP contribution in [-0.2, 0) is 11.3 Å². The number of carbonyl (C=O) groups excluding carboxylic acids is 1. The van der Waals surface area contributed by atoms with Crippen LogP contribution in [0.25, 0.3) is 0 Å². The predicted octanol–water partition coefficient (Wildman–Crippen LogP) is 2.94. The summed E-state index contributed by atoms with van der Waals surface area (Å²) in [7, 11) is 1.78. The first-order valence-electron chi connectivity index (χ1n) is 8.30. The van der Waals surface area contributed by atoms with Crippen molar-refractivity contribution >= 4 is 5.91 Å². The van der Waals surface area contributed by atoms with Gasteiger partial charge in [-0.3, -0.25) is 4.79 Å². The number of hydrogen-bond donors (Lipinski definition) is 1. The van der Waals surface area contributed by atoms with Gasteiger partial charge in [-0.15, -0.1) is 0 Å². The first-order chi connectivity index (χ1) is 10.6. The molecule has 2 atom stereocenters. The van der Waals surface area contributed by atoms with Crippen molar-refractivity contribution in [3.63, 3.8) is 0 Å². The molecular weight excluding hydrogens is 279 g/mol. The van der Waals surface area contributed by atoms with Gasteiger partial charge in [-0.1, -0.05) is 24.6 Å². The first kappa shape index (κ1) is 15.5. The molecule has 2 fully saturated rings. The SMILES string of the molecule is CN(Cc1ccccc1F)C(=O)C1CC2CCCC(C1)C2N. The molecule has 2 saturated carbocycles. The lowest BCUT2D eigenvalue weighted by Crippen LogP contribution is -2.49. The molecule has 3 nitrogen and oxygen atoms in total. The summed E-state index contributed by atoms with van der Waals surface area (Å²) in [5.41, 5.74) is 6.87. The standard InChI is InChI=1S/C18H25FN2O/c1-21(11-14-5-2-3-8-16(14)19)18(22)15-9-12-6-4-7-13(10-15)17(12)20/h2-3,5,8,12-13,15,17H,4,6-7,9-11,20H2,1H3. The highest BCUT2D eigenvalue weighted by atomic mass is 19.1. The maximum Gasteiger partial charge on any atom is 0.225 e. The molecule has 22 heavy (non-hydrogen) atoms. The molecule has 2 aliphatic carbocycles. The van der Waals surface area contributed by atoms with Gasteiger partial charge in [0.2, 0.25) is 5.91 Å². The van der Waals surface area contributed by atoms with Crippen LogP contribution in [0, 0.1) is 23.6 Å². The number of hydrogen-bond acceptors (Lipinski definition) is 2. The van der Waals surface area contributed by atoms with E-state index in [0.29, 0.717) is 23.9 Å². The summed E-state index contributed by atoms with van der Waals surface area (Å²) >= 11 is 0. The summed E-state index contributed by atoms with van der Waals surface area (Å²) in [6, 6.07) is 6.93. The highest BCUT2D eigenvalue weighted by Gasteiger charge is 2.41. The van der Waals surface area contributed by atoms with E-state index in [1.54, 1.807) is 30.1 Å². The second kappa shape index (κ2) is 6.37. The average Bonchev–Trinajstić information content (AvgIpc) is 2.48. The summed E-state index contributed by atoms with van der Waals surface area (Å²) in [6.45, 7) is 0.337. The van der Waals surface area contributed by atoms with Crippen molar-refractivity contribution in [2.75, 3.05) is 7.05 Å². The van der Waals surface area contributed by atoms with E-state index in [4.69, 9.17) is 5.73 Å². The van der Waals surface area contributed by atoms with Gasteiger partial charge in [0, 0.05) is 31.1 Å². The highest BCUT2D eigenvalue weighted by molar-refractivity contribution is 5.78. The third-order valence-electron chi connectivity index (χ3n) is 5.50.